The van der Waals surface area contributed by atoms with Crippen molar-refractivity contribution in [3.63, 3.8) is 0 Å². The minimum Gasteiger partial charge on any atom is -0.466 e. The summed E-state index contributed by atoms with van der Waals surface area (Å²) in [5, 5.41) is 2.93. The molecule has 0 saturated heterocycles. The predicted molar refractivity (Wildman–Crippen MR) is 89.2 cm³/mol. The molecule has 0 radical (unpaired) electrons. The highest BCUT2D eigenvalue weighted by Crippen LogP contribution is 2.40. The molecule has 1 aromatic heterocycles. The van der Waals surface area contributed by atoms with Crippen LogP contribution in [0.1, 0.15) is 46.3 Å². The third-order valence-electron chi connectivity index (χ3n) is 4.11. The van der Waals surface area contributed by atoms with Gasteiger partial charge in [0.1, 0.15) is 11.5 Å². The Morgan fingerprint density at radius 3 is 2.42 bits per heavy atom. The molecule has 1 heterocycles. The minimum absolute atomic E-state index is 0.0407. The Hall–Kier alpha value is -2.76. The first-order chi connectivity index (χ1) is 11.5. The molecular formula is C18H21N3O3. The summed E-state index contributed by atoms with van der Waals surface area (Å²) in [5.41, 5.74) is 6.30. The number of hydrazine groups is 1. The van der Waals surface area contributed by atoms with Crippen molar-refractivity contribution in [2.45, 2.75) is 32.7 Å². The largest absolute Gasteiger partial charge is 0.466 e. The van der Waals surface area contributed by atoms with Crippen LogP contribution in [0.2, 0.25) is 0 Å². The van der Waals surface area contributed by atoms with E-state index in [1.807, 2.05) is 30.3 Å². The average Bonchev–Trinajstić information content (AvgIpc) is 3.35. The van der Waals surface area contributed by atoms with Gasteiger partial charge in [-0.1, -0.05) is 30.3 Å². The van der Waals surface area contributed by atoms with Gasteiger partial charge in [0.15, 0.2) is 0 Å². The van der Waals surface area contributed by atoms with Crippen molar-refractivity contribution in [2.24, 2.45) is 5.92 Å². The Morgan fingerprint density at radius 1 is 1.12 bits per heavy atom. The molecule has 2 aromatic rings. The number of urea groups is 1. The molecule has 1 aliphatic carbocycles. The highest BCUT2D eigenvalue weighted by molar-refractivity contribution is 5.96. The molecular weight excluding hydrogens is 306 g/mol. The van der Waals surface area contributed by atoms with Crippen molar-refractivity contribution >= 4 is 11.9 Å². The normalized spacial score (nSPS) is 14.8. The molecule has 6 nitrogen and oxygen atoms in total. The van der Waals surface area contributed by atoms with Crippen molar-refractivity contribution in [3.8, 4) is 0 Å². The molecule has 126 valence electrons. The smallest absolute Gasteiger partial charge is 0.333 e. The fourth-order valence-corrected chi connectivity index (χ4v) is 2.78. The summed E-state index contributed by atoms with van der Waals surface area (Å²) >= 11 is 0. The monoisotopic (exact) mass is 327 g/mol. The maximum atomic E-state index is 12.1. The summed E-state index contributed by atoms with van der Waals surface area (Å²) < 4.78 is 5.32. The number of hydrogen-bond donors (Lipinski definition) is 3. The number of furan rings is 1. The molecule has 3 N–H and O–H groups in total. The second-order valence-electron chi connectivity index (χ2n) is 6.11. The van der Waals surface area contributed by atoms with Crippen molar-refractivity contribution in [2.75, 3.05) is 0 Å². The van der Waals surface area contributed by atoms with E-state index in [1.165, 1.54) is 0 Å². The molecule has 3 amide bonds. The maximum Gasteiger partial charge on any atom is 0.333 e. The number of amides is 3. The summed E-state index contributed by atoms with van der Waals surface area (Å²) in [6.07, 6.45) is 2.19. The van der Waals surface area contributed by atoms with Gasteiger partial charge in [-0.25, -0.2) is 10.2 Å². The van der Waals surface area contributed by atoms with Crippen LogP contribution in [0, 0.1) is 19.8 Å². The van der Waals surface area contributed by atoms with E-state index in [4.69, 9.17) is 4.42 Å². The number of nitrogens with one attached hydrogen (secondary N) is 3. The molecule has 0 bridgehead atoms. The fourth-order valence-electron chi connectivity index (χ4n) is 2.78. The first-order valence-electron chi connectivity index (χ1n) is 8.03. The Labute approximate surface area is 140 Å². The summed E-state index contributed by atoms with van der Waals surface area (Å²) in [6, 6.07) is 11.0. The van der Waals surface area contributed by atoms with Crippen LogP contribution in [0.3, 0.4) is 0 Å². The third-order valence-corrected chi connectivity index (χ3v) is 4.11. The summed E-state index contributed by atoms with van der Waals surface area (Å²) in [5.74, 6) is 1.22. The van der Waals surface area contributed by atoms with Crippen LogP contribution in [0.4, 0.5) is 4.79 Å². The lowest BCUT2D eigenvalue weighted by atomic mass is 10.0. The zero-order chi connectivity index (χ0) is 17.1. The summed E-state index contributed by atoms with van der Waals surface area (Å²) in [6.45, 7) is 3.48. The third kappa shape index (κ3) is 3.76. The highest BCUT2D eigenvalue weighted by Gasteiger charge is 2.33. The predicted octanol–water partition coefficient (Wildman–Crippen LogP) is 2.99. The molecule has 6 heteroatoms. The van der Waals surface area contributed by atoms with E-state index >= 15 is 0 Å². The van der Waals surface area contributed by atoms with Gasteiger partial charge < -0.3 is 9.73 Å². The number of hydrogen-bond acceptors (Lipinski definition) is 3. The van der Waals surface area contributed by atoms with E-state index < -0.39 is 11.9 Å². The maximum absolute atomic E-state index is 12.1. The van der Waals surface area contributed by atoms with E-state index in [-0.39, 0.29) is 6.04 Å². The van der Waals surface area contributed by atoms with Gasteiger partial charge in [0.05, 0.1) is 11.6 Å². The van der Waals surface area contributed by atoms with Crippen LogP contribution in [0.15, 0.2) is 40.8 Å². The standard InChI is InChI=1S/C18H21N3O3/c1-11-10-15(12(2)24-11)17(22)20-21-18(23)19-16(14-8-9-14)13-6-4-3-5-7-13/h3-7,10,14,16H,8-9H2,1-2H3,(H,20,22)(H2,19,21,23). The Morgan fingerprint density at radius 2 is 1.83 bits per heavy atom. The van der Waals surface area contributed by atoms with Gasteiger partial charge in [0, 0.05) is 0 Å². The average molecular weight is 327 g/mol. The summed E-state index contributed by atoms with van der Waals surface area (Å²) in [7, 11) is 0. The van der Waals surface area contributed by atoms with Crippen LogP contribution in [0.25, 0.3) is 0 Å². The highest BCUT2D eigenvalue weighted by atomic mass is 16.3. The van der Waals surface area contributed by atoms with Gasteiger partial charge in [-0.3, -0.25) is 10.2 Å². The lowest BCUT2D eigenvalue weighted by Gasteiger charge is -2.19. The van der Waals surface area contributed by atoms with Gasteiger partial charge >= 0.3 is 6.03 Å². The van der Waals surface area contributed by atoms with Crippen molar-refractivity contribution < 1.29 is 14.0 Å². The van der Waals surface area contributed by atoms with Crippen molar-refractivity contribution in [3.05, 3.63) is 59.0 Å². The lowest BCUT2D eigenvalue weighted by Crippen LogP contribution is -2.48. The molecule has 24 heavy (non-hydrogen) atoms. The SMILES string of the molecule is Cc1cc(C(=O)NNC(=O)NC(c2ccccc2)C2CC2)c(C)o1. The number of rotatable bonds is 4. The quantitative estimate of drug-likeness (QED) is 0.755. The van der Waals surface area contributed by atoms with Gasteiger partial charge in [0.2, 0.25) is 0 Å². The second kappa shape index (κ2) is 6.78. The molecule has 0 aliphatic heterocycles. The second-order valence-corrected chi connectivity index (χ2v) is 6.11. The van der Waals surface area contributed by atoms with Crippen molar-refractivity contribution in [1.29, 1.82) is 0 Å². The van der Waals surface area contributed by atoms with Crippen LogP contribution in [0.5, 0.6) is 0 Å². The van der Waals surface area contributed by atoms with Gasteiger partial charge in [-0.05, 0) is 44.2 Å². The molecule has 3 rings (SSSR count). The molecule has 1 unspecified atom stereocenters. The first kappa shape index (κ1) is 16.1. The van der Waals surface area contributed by atoms with E-state index in [9.17, 15) is 9.59 Å². The van der Waals surface area contributed by atoms with E-state index in [2.05, 4.69) is 16.2 Å². The van der Waals surface area contributed by atoms with Crippen LogP contribution in [-0.2, 0) is 0 Å². The minimum atomic E-state index is -0.429. The van der Waals surface area contributed by atoms with E-state index in [1.54, 1.807) is 19.9 Å². The number of carbonyl (C=O) groups excluding carboxylic acids is 2. The van der Waals surface area contributed by atoms with Gasteiger partial charge in [0.25, 0.3) is 5.91 Å². The molecule has 0 spiro atoms. The van der Waals surface area contributed by atoms with E-state index in [0.717, 1.165) is 18.4 Å². The molecule has 1 fully saturated rings. The van der Waals surface area contributed by atoms with Crippen LogP contribution in [-0.4, -0.2) is 11.9 Å². The van der Waals surface area contributed by atoms with Crippen molar-refractivity contribution in [1.82, 2.24) is 16.2 Å². The number of carbonyl (C=O) groups is 2. The molecule has 1 atom stereocenters. The van der Waals surface area contributed by atoms with Crippen LogP contribution >= 0.6 is 0 Å². The first-order valence-corrected chi connectivity index (χ1v) is 8.03. The van der Waals surface area contributed by atoms with Gasteiger partial charge in [-0.15, -0.1) is 0 Å². The Balaban J connectivity index is 1.57. The van der Waals surface area contributed by atoms with E-state index in [0.29, 0.717) is 23.0 Å². The summed E-state index contributed by atoms with van der Waals surface area (Å²) in [4.78, 5) is 24.2. The number of benzene rings is 1. The topological polar surface area (TPSA) is 83.4 Å². The Bertz CT molecular complexity index is 735. The number of aryl methyl sites for hydroxylation is 2. The van der Waals surface area contributed by atoms with Gasteiger partial charge in [-0.2, -0.15) is 0 Å². The molecule has 1 saturated carbocycles. The zero-order valence-corrected chi connectivity index (χ0v) is 13.8. The van der Waals surface area contributed by atoms with Crippen LogP contribution < -0.4 is 16.2 Å². The molecule has 1 aliphatic rings. The lowest BCUT2D eigenvalue weighted by molar-refractivity contribution is 0.0934. The molecule has 1 aromatic carbocycles. The fraction of sp³-hybridized carbons (Fsp3) is 0.333. The Kier molecular flexibility index (Phi) is 4.55. The zero-order valence-electron chi connectivity index (χ0n) is 13.8.